The molecule has 104 valence electrons. The molecule has 1 aromatic rings. The Morgan fingerprint density at radius 3 is 2.85 bits per heavy atom. The zero-order valence-electron chi connectivity index (χ0n) is 10.6. The first-order valence-corrected chi connectivity index (χ1v) is 7.11. The summed E-state index contributed by atoms with van der Waals surface area (Å²) in [6.07, 6.45) is -0.674. The minimum Gasteiger partial charge on any atom is -0.457 e. The smallest absolute Gasteiger partial charge is 0.311 e. The van der Waals surface area contributed by atoms with Crippen LogP contribution in [0.4, 0.5) is 5.69 Å². The van der Waals surface area contributed by atoms with E-state index in [1.807, 2.05) is 35.2 Å². The summed E-state index contributed by atoms with van der Waals surface area (Å²) in [6.45, 7) is 0. The maximum Gasteiger partial charge on any atom is 0.311 e. The average molecular weight is 290 g/mol. The Morgan fingerprint density at radius 1 is 1.35 bits per heavy atom. The number of carbonyl (C=O) groups is 1. The van der Waals surface area contributed by atoms with Crippen LogP contribution in [0.2, 0.25) is 0 Å². The number of nitrogens with one attached hydrogen (secondary N) is 1. The van der Waals surface area contributed by atoms with E-state index in [9.17, 15) is 9.90 Å². The molecule has 6 heteroatoms. The average Bonchev–Trinajstić information content (AvgIpc) is 2.79. The van der Waals surface area contributed by atoms with E-state index in [1.165, 1.54) is 0 Å². The van der Waals surface area contributed by atoms with Gasteiger partial charge < -0.3 is 20.1 Å². The third kappa shape index (κ3) is 1.52. The normalized spacial score (nSPS) is 38.5. The van der Waals surface area contributed by atoms with E-state index in [4.69, 9.17) is 17.0 Å². The fraction of sp³-hybridized carbons (Fsp3) is 0.429. The second-order valence-corrected chi connectivity index (χ2v) is 5.87. The van der Waals surface area contributed by atoms with Crippen molar-refractivity contribution in [3.63, 3.8) is 0 Å². The molecule has 1 aromatic carbocycles. The highest BCUT2D eigenvalue weighted by atomic mass is 32.1. The number of esters is 1. The predicted octanol–water partition coefficient (Wildman–Crippen LogP) is 0.424. The number of ether oxygens (including phenoxy) is 1. The molecular formula is C14H14N2O3S. The maximum absolute atomic E-state index is 12.0. The Bertz CT molecular complexity index is 579. The Morgan fingerprint density at radius 2 is 2.10 bits per heavy atom. The predicted molar refractivity (Wildman–Crippen MR) is 76.2 cm³/mol. The maximum atomic E-state index is 12.0. The first-order valence-electron chi connectivity index (χ1n) is 6.70. The van der Waals surface area contributed by atoms with Crippen LogP contribution in [0.5, 0.6) is 0 Å². The van der Waals surface area contributed by atoms with Crippen LogP contribution in [-0.2, 0) is 9.53 Å². The summed E-state index contributed by atoms with van der Waals surface area (Å²) in [5, 5.41) is 13.8. The second-order valence-electron chi connectivity index (χ2n) is 5.48. The van der Waals surface area contributed by atoms with Gasteiger partial charge in [-0.25, -0.2) is 0 Å². The van der Waals surface area contributed by atoms with Crippen molar-refractivity contribution < 1.29 is 14.6 Å². The zero-order chi connectivity index (χ0) is 13.9. The number of nitrogens with zero attached hydrogens (tertiary/aromatic N) is 1. The number of anilines is 1. The SMILES string of the molecule is O=C1O[C@@H]2[C@@H]3NC(=S)N(c4ccccc4)[C@@H]3[C@H]1C[C@H]2O. The summed E-state index contributed by atoms with van der Waals surface area (Å²) in [5.74, 6) is -0.567. The summed E-state index contributed by atoms with van der Waals surface area (Å²) in [4.78, 5) is 14.0. The molecule has 5 rings (SSSR count). The molecule has 3 heterocycles. The number of para-hydroxylation sites is 1. The van der Waals surface area contributed by atoms with Gasteiger partial charge in [0.25, 0.3) is 0 Å². The third-order valence-corrected chi connectivity index (χ3v) is 4.72. The monoisotopic (exact) mass is 290 g/mol. The molecule has 4 fully saturated rings. The number of hydrogen-bond acceptors (Lipinski definition) is 4. The quantitative estimate of drug-likeness (QED) is 0.577. The van der Waals surface area contributed by atoms with Crippen LogP contribution in [0, 0.1) is 5.92 Å². The van der Waals surface area contributed by atoms with E-state index in [1.54, 1.807) is 0 Å². The van der Waals surface area contributed by atoms with Crippen molar-refractivity contribution in [2.24, 2.45) is 5.92 Å². The number of thiocarbonyl (C=S) groups is 1. The van der Waals surface area contributed by atoms with Gasteiger partial charge in [0.2, 0.25) is 0 Å². The van der Waals surface area contributed by atoms with Crippen molar-refractivity contribution in [3.05, 3.63) is 30.3 Å². The number of rotatable bonds is 1. The van der Waals surface area contributed by atoms with Crippen LogP contribution < -0.4 is 10.2 Å². The largest absolute Gasteiger partial charge is 0.457 e. The number of aliphatic hydroxyl groups excluding tert-OH is 1. The number of hydrogen-bond donors (Lipinski definition) is 2. The van der Waals surface area contributed by atoms with Crippen molar-refractivity contribution in [3.8, 4) is 0 Å². The second kappa shape index (κ2) is 4.17. The van der Waals surface area contributed by atoms with E-state index in [0.717, 1.165) is 5.69 Å². The van der Waals surface area contributed by atoms with E-state index >= 15 is 0 Å². The number of fused-ring (bicyclic) bond motifs is 2. The summed E-state index contributed by atoms with van der Waals surface area (Å²) in [6, 6.07) is 9.58. The molecule has 20 heavy (non-hydrogen) atoms. The van der Waals surface area contributed by atoms with E-state index < -0.39 is 12.2 Å². The highest BCUT2D eigenvalue weighted by Crippen LogP contribution is 2.41. The topological polar surface area (TPSA) is 61.8 Å². The molecule has 5 nitrogen and oxygen atoms in total. The number of benzene rings is 1. The van der Waals surface area contributed by atoms with Gasteiger partial charge in [-0.2, -0.15) is 0 Å². The molecular weight excluding hydrogens is 276 g/mol. The van der Waals surface area contributed by atoms with Crippen molar-refractivity contribution in [2.45, 2.75) is 30.7 Å². The van der Waals surface area contributed by atoms with Crippen molar-refractivity contribution in [1.29, 1.82) is 0 Å². The molecule has 5 atom stereocenters. The van der Waals surface area contributed by atoms with Crippen LogP contribution in [0.25, 0.3) is 0 Å². The Hall–Kier alpha value is -1.66. The molecule has 0 unspecified atom stereocenters. The lowest BCUT2D eigenvalue weighted by atomic mass is 9.75. The van der Waals surface area contributed by atoms with Crippen molar-refractivity contribution in [1.82, 2.24) is 5.32 Å². The molecule has 2 N–H and O–H groups in total. The van der Waals surface area contributed by atoms with Crippen molar-refractivity contribution >= 4 is 29.0 Å². The van der Waals surface area contributed by atoms with Gasteiger partial charge in [-0.3, -0.25) is 4.79 Å². The van der Waals surface area contributed by atoms with Gasteiger partial charge in [-0.15, -0.1) is 0 Å². The lowest BCUT2D eigenvalue weighted by molar-refractivity contribution is -0.188. The van der Waals surface area contributed by atoms with Gasteiger partial charge in [-0.05, 0) is 30.8 Å². The first-order chi connectivity index (χ1) is 9.66. The Kier molecular flexibility index (Phi) is 2.52. The number of carbonyl (C=O) groups excluding carboxylic acids is 1. The molecule has 0 spiro atoms. The van der Waals surface area contributed by atoms with E-state index in [-0.39, 0.29) is 24.0 Å². The minimum atomic E-state index is -0.607. The van der Waals surface area contributed by atoms with Crippen molar-refractivity contribution in [2.75, 3.05) is 4.90 Å². The summed E-state index contributed by atoms with van der Waals surface area (Å²) < 4.78 is 5.31. The molecule has 3 saturated heterocycles. The molecule has 4 aliphatic rings. The standard InChI is InChI=1S/C14H14N2O3S/c17-9-6-8-11-10(12(9)19-13(8)18)15-14(20)16(11)7-4-2-1-3-5-7/h1-5,8-12,17H,6H2,(H,15,20)/t8-,9-,10-,11-,12+/m1/s1. The van der Waals surface area contributed by atoms with Gasteiger partial charge in [-0.1, -0.05) is 18.2 Å². The molecule has 0 amide bonds. The van der Waals surface area contributed by atoms with Gasteiger partial charge in [0, 0.05) is 5.69 Å². The third-order valence-electron chi connectivity index (χ3n) is 4.41. The highest BCUT2D eigenvalue weighted by molar-refractivity contribution is 7.80. The first kappa shape index (κ1) is 12.1. The van der Waals surface area contributed by atoms with Gasteiger partial charge in [0.05, 0.1) is 24.1 Å². The summed E-state index contributed by atoms with van der Waals surface area (Å²) >= 11 is 5.41. The Balaban J connectivity index is 1.76. The molecule has 3 aliphatic heterocycles. The zero-order valence-corrected chi connectivity index (χ0v) is 11.4. The van der Waals surface area contributed by atoms with Gasteiger partial charge in [0.1, 0.15) is 6.10 Å². The molecule has 0 radical (unpaired) electrons. The van der Waals surface area contributed by atoms with Crippen LogP contribution in [0.1, 0.15) is 6.42 Å². The summed E-state index contributed by atoms with van der Waals surface area (Å²) in [5.41, 5.74) is 0.965. The molecule has 2 bridgehead atoms. The molecule has 0 aromatic heterocycles. The van der Waals surface area contributed by atoms with Crippen LogP contribution in [-0.4, -0.2) is 40.5 Å². The lowest BCUT2D eigenvalue weighted by Gasteiger charge is -2.47. The van der Waals surface area contributed by atoms with Gasteiger partial charge >= 0.3 is 5.97 Å². The highest BCUT2D eigenvalue weighted by Gasteiger charge is 2.60. The lowest BCUT2D eigenvalue weighted by Crippen LogP contribution is -2.66. The van der Waals surface area contributed by atoms with Crippen LogP contribution in [0.15, 0.2) is 30.3 Å². The fourth-order valence-electron chi connectivity index (χ4n) is 3.56. The van der Waals surface area contributed by atoms with E-state index in [2.05, 4.69) is 5.32 Å². The fourth-order valence-corrected chi connectivity index (χ4v) is 3.92. The van der Waals surface area contributed by atoms with Gasteiger partial charge in [0.15, 0.2) is 5.11 Å². The van der Waals surface area contributed by atoms with E-state index in [0.29, 0.717) is 11.5 Å². The Labute approximate surface area is 121 Å². The molecule has 1 aliphatic carbocycles. The summed E-state index contributed by atoms with van der Waals surface area (Å²) in [7, 11) is 0. The van der Waals surface area contributed by atoms with Crippen LogP contribution >= 0.6 is 12.2 Å². The van der Waals surface area contributed by atoms with Crippen LogP contribution in [0.3, 0.4) is 0 Å². The number of aliphatic hydroxyl groups is 1. The molecule has 1 saturated carbocycles. The minimum absolute atomic E-state index is 0.0699.